The van der Waals surface area contributed by atoms with E-state index in [2.05, 4.69) is 277 Å². The number of nitrogens with zero attached hydrogens (tertiary/aromatic N) is 6. The molecule has 0 atom stereocenters. The molecule has 4 heterocycles. The summed E-state index contributed by atoms with van der Waals surface area (Å²) >= 11 is 0. The van der Waals surface area contributed by atoms with Gasteiger partial charge in [-0.05, 0) is 152 Å². The molecule has 0 amide bonds. The first kappa shape index (κ1) is 50.3. The quantitative estimate of drug-likeness (QED) is 0.145. The number of hydrogen-bond acceptors (Lipinski definition) is 3. The first-order valence-electron chi connectivity index (χ1n) is 29.3. The fraction of sp³-hybridized carbons (Fsp3) is 0.0375. The van der Waals surface area contributed by atoms with Crippen LogP contribution in [-0.4, -0.2) is 23.7 Å². The van der Waals surface area contributed by atoms with Crippen molar-refractivity contribution in [1.82, 2.24) is 23.7 Å². The van der Waals surface area contributed by atoms with E-state index in [9.17, 15) is 5.26 Å². The fourth-order valence-corrected chi connectivity index (χ4v) is 13.3. The van der Waals surface area contributed by atoms with Crippen LogP contribution >= 0.6 is 0 Å². The average molecular weight is 1100 g/mol. The highest BCUT2D eigenvalue weighted by Gasteiger charge is 2.27. The molecule has 0 fully saturated rings. The standard InChI is InChI=1S/C80H54N6/c1-50-26-41-74-66(44-50)62-20-10-13-23-71(62)84(74)59-35-29-53(30-36-59)65-47-58(49-81)77(55-31-37-60(38-32-55)85-72-24-14-11-21-63(72)67-45-51(2)27-42-75(67)85)79(70-48-69(54-16-6-4-7-17-54)82-80(83-70)57-18-8-5-9-19-57)78(65)56-33-39-61(40-34-56)86-73-25-15-12-22-64(73)68-46-52(3)28-43-76(68)86/h4-48H,1-3H3. The Bertz CT molecular complexity index is 5350. The van der Waals surface area contributed by atoms with Crippen LogP contribution in [0.1, 0.15) is 22.3 Å². The Morgan fingerprint density at radius 3 is 1.10 bits per heavy atom. The van der Waals surface area contributed by atoms with Crippen LogP contribution in [0.25, 0.3) is 150 Å². The molecule has 16 rings (SSSR count). The zero-order valence-corrected chi connectivity index (χ0v) is 47.7. The van der Waals surface area contributed by atoms with Gasteiger partial charge in [0.25, 0.3) is 0 Å². The Balaban J connectivity index is 0.979. The molecule has 0 saturated heterocycles. The van der Waals surface area contributed by atoms with Crippen LogP contribution in [0.3, 0.4) is 0 Å². The molecule has 86 heavy (non-hydrogen) atoms. The van der Waals surface area contributed by atoms with Gasteiger partial charge in [0.1, 0.15) is 0 Å². The number of rotatable bonds is 9. The molecule has 0 aliphatic carbocycles. The average Bonchev–Trinajstić information content (AvgIpc) is 1.34. The van der Waals surface area contributed by atoms with Crippen molar-refractivity contribution in [3.05, 3.63) is 295 Å². The van der Waals surface area contributed by atoms with Crippen molar-refractivity contribution >= 4 is 65.4 Å². The Morgan fingerprint density at radius 2 is 0.663 bits per heavy atom. The van der Waals surface area contributed by atoms with Crippen molar-refractivity contribution in [2.45, 2.75) is 20.8 Å². The number of nitriles is 1. The molecule has 12 aromatic carbocycles. The van der Waals surface area contributed by atoms with Crippen LogP contribution in [0.15, 0.2) is 273 Å². The maximum Gasteiger partial charge on any atom is 0.160 e. The Hall–Kier alpha value is -11.4. The number of aromatic nitrogens is 5. The second-order valence-corrected chi connectivity index (χ2v) is 22.7. The Morgan fingerprint density at radius 1 is 0.291 bits per heavy atom. The highest BCUT2D eigenvalue weighted by atomic mass is 15.0. The van der Waals surface area contributed by atoms with Gasteiger partial charge < -0.3 is 13.7 Å². The third-order valence-corrected chi connectivity index (χ3v) is 17.3. The van der Waals surface area contributed by atoms with E-state index in [0.29, 0.717) is 17.1 Å². The molecule has 4 aromatic heterocycles. The van der Waals surface area contributed by atoms with Gasteiger partial charge in [0.2, 0.25) is 0 Å². The van der Waals surface area contributed by atoms with E-state index in [0.717, 1.165) is 106 Å². The molecule has 0 N–H and O–H groups in total. The van der Waals surface area contributed by atoms with Crippen LogP contribution in [0.4, 0.5) is 0 Å². The highest BCUT2D eigenvalue weighted by molar-refractivity contribution is 6.12. The van der Waals surface area contributed by atoms with Crippen LogP contribution in [0.2, 0.25) is 0 Å². The van der Waals surface area contributed by atoms with Crippen molar-refractivity contribution in [3.8, 4) is 90.4 Å². The summed E-state index contributed by atoms with van der Waals surface area (Å²) in [5.41, 5.74) is 23.7. The van der Waals surface area contributed by atoms with Gasteiger partial charge in [-0.1, -0.05) is 187 Å². The van der Waals surface area contributed by atoms with E-state index >= 15 is 0 Å². The zero-order valence-electron chi connectivity index (χ0n) is 47.7. The van der Waals surface area contributed by atoms with E-state index in [-0.39, 0.29) is 0 Å². The molecule has 0 aliphatic heterocycles. The molecule has 0 saturated carbocycles. The lowest BCUT2D eigenvalue weighted by Crippen LogP contribution is -2.03. The minimum absolute atomic E-state index is 0.527. The smallest absolute Gasteiger partial charge is 0.160 e. The Labute approximate surface area is 498 Å². The minimum atomic E-state index is 0.527. The minimum Gasteiger partial charge on any atom is -0.309 e. The van der Waals surface area contributed by atoms with Gasteiger partial charge >= 0.3 is 0 Å². The van der Waals surface area contributed by atoms with E-state index in [1.165, 1.54) is 49.0 Å². The van der Waals surface area contributed by atoms with Gasteiger partial charge in [-0.15, -0.1) is 0 Å². The SMILES string of the molecule is Cc1ccc2c(c1)c1ccccc1n2-c1ccc(-c2cc(C#N)c(-c3ccc(-n4c5ccccc5c5cc(C)ccc54)cc3)c(-c3cc(-c4ccccc4)nc(-c4ccccc4)n3)c2-c2ccc(-n3c4ccccc4c4cc(C)ccc43)cc2)cc1. The molecule has 0 unspecified atom stereocenters. The molecule has 6 heteroatoms. The molecule has 0 aliphatic rings. The van der Waals surface area contributed by atoms with E-state index in [1.807, 2.05) is 36.4 Å². The summed E-state index contributed by atoms with van der Waals surface area (Å²) in [4.78, 5) is 10.9. The van der Waals surface area contributed by atoms with Gasteiger partial charge in [0, 0.05) is 71.6 Å². The lowest BCUT2D eigenvalue weighted by molar-refractivity contribution is 1.18. The molecule has 404 valence electrons. The highest BCUT2D eigenvalue weighted by Crippen LogP contribution is 2.49. The third kappa shape index (κ3) is 8.24. The second-order valence-electron chi connectivity index (χ2n) is 22.7. The first-order chi connectivity index (χ1) is 42.3. The molecule has 0 bridgehead atoms. The maximum absolute atomic E-state index is 11.8. The maximum atomic E-state index is 11.8. The van der Waals surface area contributed by atoms with E-state index in [1.54, 1.807) is 0 Å². The first-order valence-corrected chi connectivity index (χ1v) is 29.3. The number of aryl methyl sites for hydroxylation is 3. The summed E-state index contributed by atoms with van der Waals surface area (Å²) in [7, 11) is 0. The predicted octanol–water partition coefficient (Wildman–Crippen LogP) is 20.6. The summed E-state index contributed by atoms with van der Waals surface area (Å²) < 4.78 is 7.08. The van der Waals surface area contributed by atoms with Crippen molar-refractivity contribution in [1.29, 1.82) is 5.26 Å². The van der Waals surface area contributed by atoms with Crippen molar-refractivity contribution < 1.29 is 0 Å². The van der Waals surface area contributed by atoms with Crippen molar-refractivity contribution in [2.75, 3.05) is 0 Å². The predicted molar refractivity (Wildman–Crippen MR) is 357 cm³/mol. The Kier molecular flexibility index (Phi) is 11.8. The van der Waals surface area contributed by atoms with Gasteiger partial charge in [-0.2, -0.15) is 5.26 Å². The van der Waals surface area contributed by atoms with Crippen LogP contribution in [-0.2, 0) is 0 Å². The second kappa shape index (κ2) is 20.2. The monoisotopic (exact) mass is 1100 g/mol. The number of fused-ring (bicyclic) bond motifs is 9. The summed E-state index contributed by atoms with van der Waals surface area (Å²) in [5, 5.41) is 19.1. The van der Waals surface area contributed by atoms with Crippen LogP contribution < -0.4 is 0 Å². The topological polar surface area (TPSA) is 64.4 Å². The lowest BCUT2D eigenvalue weighted by atomic mass is 9.81. The zero-order chi connectivity index (χ0) is 57.6. The third-order valence-electron chi connectivity index (χ3n) is 17.3. The molecule has 6 nitrogen and oxygen atoms in total. The van der Waals surface area contributed by atoms with Gasteiger partial charge in [-0.3, -0.25) is 0 Å². The number of para-hydroxylation sites is 3. The van der Waals surface area contributed by atoms with Crippen LogP contribution in [0.5, 0.6) is 0 Å². The molecular weight excluding hydrogens is 1040 g/mol. The van der Waals surface area contributed by atoms with Crippen LogP contribution in [0, 0.1) is 32.1 Å². The molecule has 0 spiro atoms. The molecule has 0 radical (unpaired) electrons. The fourth-order valence-electron chi connectivity index (χ4n) is 13.3. The lowest BCUT2D eigenvalue weighted by Gasteiger charge is -2.23. The van der Waals surface area contributed by atoms with Gasteiger partial charge in [0.05, 0.1) is 56.1 Å². The summed E-state index contributed by atoms with van der Waals surface area (Å²) in [5.74, 6) is 0.586. The van der Waals surface area contributed by atoms with Gasteiger partial charge in [0.15, 0.2) is 5.82 Å². The largest absolute Gasteiger partial charge is 0.309 e. The normalized spacial score (nSPS) is 11.7. The number of benzene rings is 12. The number of hydrogen-bond donors (Lipinski definition) is 0. The van der Waals surface area contributed by atoms with Gasteiger partial charge in [-0.25, -0.2) is 9.97 Å². The summed E-state index contributed by atoms with van der Waals surface area (Å²) in [6, 6.07) is 100. The van der Waals surface area contributed by atoms with E-state index < -0.39 is 0 Å². The summed E-state index contributed by atoms with van der Waals surface area (Å²) in [6.45, 7) is 6.46. The summed E-state index contributed by atoms with van der Waals surface area (Å²) in [6.07, 6.45) is 0. The van der Waals surface area contributed by atoms with Crippen molar-refractivity contribution in [3.63, 3.8) is 0 Å². The van der Waals surface area contributed by atoms with E-state index in [4.69, 9.17) is 9.97 Å². The molecular formula is C80H54N6. The van der Waals surface area contributed by atoms with Crippen molar-refractivity contribution in [2.24, 2.45) is 0 Å². The molecule has 16 aromatic rings.